The highest BCUT2D eigenvalue weighted by molar-refractivity contribution is 5.93. The quantitative estimate of drug-likeness (QED) is 0.779. The number of amides is 1. The van der Waals surface area contributed by atoms with Gasteiger partial charge < -0.3 is 19.5 Å². The Kier molecular flexibility index (Phi) is 6.33. The Morgan fingerprint density at radius 3 is 2.44 bits per heavy atom. The van der Waals surface area contributed by atoms with Crippen molar-refractivity contribution in [2.45, 2.75) is 6.42 Å². The molecular formula is C18H18FNO5. The fourth-order valence-corrected chi connectivity index (χ4v) is 2.10. The number of hydrogen-bond donors (Lipinski definition) is 1. The van der Waals surface area contributed by atoms with Gasteiger partial charge in [0.1, 0.15) is 5.82 Å². The molecule has 2 aromatic rings. The van der Waals surface area contributed by atoms with Gasteiger partial charge in [-0.25, -0.2) is 4.39 Å². The lowest BCUT2D eigenvalue weighted by Crippen LogP contribution is -2.22. The molecule has 0 radical (unpaired) electrons. The Bertz CT molecular complexity index is 763. The Balaban J connectivity index is 1.86. The summed E-state index contributed by atoms with van der Waals surface area (Å²) in [6.07, 6.45) is -0.0344. The van der Waals surface area contributed by atoms with Crippen LogP contribution in [-0.2, 0) is 20.7 Å². The van der Waals surface area contributed by atoms with Gasteiger partial charge in [-0.05, 0) is 29.8 Å². The molecule has 0 saturated carbocycles. The first-order valence-electron chi connectivity index (χ1n) is 7.44. The van der Waals surface area contributed by atoms with E-state index in [9.17, 15) is 14.0 Å². The van der Waals surface area contributed by atoms with Gasteiger partial charge in [0.2, 0.25) is 0 Å². The van der Waals surface area contributed by atoms with Crippen LogP contribution >= 0.6 is 0 Å². The number of methoxy groups -OCH3 is 2. The number of hydrogen-bond acceptors (Lipinski definition) is 5. The number of anilines is 1. The average molecular weight is 347 g/mol. The molecule has 0 aliphatic carbocycles. The normalized spacial score (nSPS) is 10.0. The summed E-state index contributed by atoms with van der Waals surface area (Å²) >= 11 is 0. The molecule has 1 N–H and O–H groups in total. The van der Waals surface area contributed by atoms with Gasteiger partial charge in [0.05, 0.1) is 26.3 Å². The summed E-state index contributed by atoms with van der Waals surface area (Å²) < 4.78 is 28.6. The fourth-order valence-electron chi connectivity index (χ4n) is 2.10. The fraction of sp³-hybridized carbons (Fsp3) is 0.222. The number of nitrogens with one attached hydrogen (secondary N) is 1. The lowest BCUT2D eigenvalue weighted by Gasteiger charge is -2.10. The molecular weight excluding hydrogens is 329 g/mol. The number of halogens is 1. The third-order valence-corrected chi connectivity index (χ3v) is 3.31. The number of rotatable bonds is 7. The first-order valence-corrected chi connectivity index (χ1v) is 7.44. The Labute approximate surface area is 144 Å². The first kappa shape index (κ1) is 18.3. The summed E-state index contributed by atoms with van der Waals surface area (Å²) in [4.78, 5) is 23.6. The number of carbonyl (C=O) groups excluding carboxylic acids is 2. The molecule has 0 aliphatic rings. The van der Waals surface area contributed by atoms with E-state index in [2.05, 4.69) is 5.32 Å². The molecule has 0 unspecified atom stereocenters. The minimum atomic E-state index is -0.620. The zero-order valence-corrected chi connectivity index (χ0v) is 13.9. The van der Waals surface area contributed by atoms with Gasteiger partial charge in [0.25, 0.3) is 5.91 Å². The second kappa shape index (κ2) is 8.68. The number of ether oxygens (including phenoxy) is 3. The van der Waals surface area contributed by atoms with Crippen molar-refractivity contribution in [3.8, 4) is 11.5 Å². The van der Waals surface area contributed by atoms with Crippen molar-refractivity contribution >= 4 is 17.6 Å². The van der Waals surface area contributed by atoms with Gasteiger partial charge >= 0.3 is 5.97 Å². The van der Waals surface area contributed by atoms with Crippen LogP contribution in [-0.4, -0.2) is 32.7 Å². The van der Waals surface area contributed by atoms with Gasteiger partial charge in [0.15, 0.2) is 18.1 Å². The summed E-state index contributed by atoms with van der Waals surface area (Å²) in [6, 6.07) is 10.8. The van der Waals surface area contributed by atoms with Crippen molar-refractivity contribution in [1.29, 1.82) is 0 Å². The highest BCUT2D eigenvalue weighted by Crippen LogP contribution is 2.27. The smallest absolute Gasteiger partial charge is 0.310 e. The number of esters is 1. The van der Waals surface area contributed by atoms with Gasteiger partial charge in [-0.1, -0.05) is 18.2 Å². The molecule has 0 spiro atoms. The molecule has 2 rings (SSSR count). The van der Waals surface area contributed by atoms with Crippen LogP contribution < -0.4 is 14.8 Å². The maximum atomic E-state index is 13.4. The third-order valence-electron chi connectivity index (χ3n) is 3.31. The van der Waals surface area contributed by atoms with Crippen LogP contribution in [0.3, 0.4) is 0 Å². The van der Waals surface area contributed by atoms with Gasteiger partial charge in [-0.2, -0.15) is 0 Å². The summed E-state index contributed by atoms with van der Waals surface area (Å²) in [7, 11) is 3.01. The van der Waals surface area contributed by atoms with Gasteiger partial charge in [0, 0.05) is 0 Å². The van der Waals surface area contributed by atoms with Crippen LogP contribution in [0.2, 0.25) is 0 Å². The minimum Gasteiger partial charge on any atom is -0.493 e. The van der Waals surface area contributed by atoms with E-state index in [0.29, 0.717) is 17.1 Å². The Morgan fingerprint density at radius 2 is 1.76 bits per heavy atom. The van der Waals surface area contributed by atoms with E-state index in [1.807, 2.05) is 0 Å². The maximum Gasteiger partial charge on any atom is 0.310 e. The number of carbonyl (C=O) groups is 2. The molecule has 1 amide bonds. The van der Waals surface area contributed by atoms with Crippen molar-refractivity contribution in [2.24, 2.45) is 0 Å². The SMILES string of the molecule is COc1ccc(CC(=O)OCC(=O)Nc2ccccc2F)cc1OC. The first-order chi connectivity index (χ1) is 12.0. The molecule has 2 aromatic carbocycles. The lowest BCUT2D eigenvalue weighted by molar-refractivity contribution is -0.146. The number of benzene rings is 2. The van der Waals surface area contributed by atoms with E-state index in [1.54, 1.807) is 24.3 Å². The maximum absolute atomic E-state index is 13.4. The van der Waals surface area contributed by atoms with E-state index < -0.39 is 24.3 Å². The minimum absolute atomic E-state index is 0.0310. The lowest BCUT2D eigenvalue weighted by atomic mass is 10.1. The van der Waals surface area contributed by atoms with Crippen LogP contribution in [0.5, 0.6) is 11.5 Å². The van der Waals surface area contributed by atoms with E-state index in [0.717, 1.165) is 0 Å². The van der Waals surface area contributed by atoms with E-state index in [1.165, 1.54) is 32.4 Å². The molecule has 0 fully saturated rings. The monoisotopic (exact) mass is 347 g/mol. The van der Waals surface area contributed by atoms with Crippen LogP contribution in [0.15, 0.2) is 42.5 Å². The van der Waals surface area contributed by atoms with Crippen molar-refractivity contribution in [3.63, 3.8) is 0 Å². The third kappa shape index (κ3) is 5.20. The van der Waals surface area contributed by atoms with Gasteiger partial charge in [-0.3, -0.25) is 9.59 Å². The topological polar surface area (TPSA) is 73.9 Å². The standard InChI is InChI=1S/C18H18FNO5/c1-23-15-8-7-12(9-16(15)24-2)10-18(22)25-11-17(21)20-14-6-4-3-5-13(14)19/h3-9H,10-11H2,1-2H3,(H,20,21). The highest BCUT2D eigenvalue weighted by atomic mass is 19.1. The van der Waals surface area contributed by atoms with Gasteiger partial charge in [-0.15, -0.1) is 0 Å². The molecule has 0 bridgehead atoms. The molecule has 0 aliphatic heterocycles. The Hall–Kier alpha value is -3.09. The number of para-hydroxylation sites is 1. The Morgan fingerprint density at radius 1 is 1.04 bits per heavy atom. The van der Waals surface area contributed by atoms with Crippen LogP contribution in [0.25, 0.3) is 0 Å². The zero-order valence-electron chi connectivity index (χ0n) is 13.9. The summed E-state index contributed by atoms with van der Waals surface area (Å²) in [5, 5.41) is 2.34. The van der Waals surface area contributed by atoms with Crippen LogP contribution in [0.4, 0.5) is 10.1 Å². The molecule has 6 nitrogen and oxygen atoms in total. The second-order valence-electron chi connectivity index (χ2n) is 5.05. The molecule has 7 heteroatoms. The predicted molar refractivity (Wildman–Crippen MR) is 89.2 cm³/mol. The summed E-state index contributed by atoms with van der Waals surface area (Å²) in [5.41, 5.74) is 0.681. The van der Waals surface area contributed by atoms with E-state index in [4.69, 9.17) is 14.2 Å². The van der Waals surface area contributed by atoms with Crippen molar-refractivity contribution < 1.29 is 28.2 Å². The molecule has 0 atom stereocenters. The highest BCUT2D eigenvalue weighted by Gasteiger charge is 2.12. The summed E-state index contributed by atoms with van der Waals surface area (Å²) in [6.45, 7) is -0.500. The molecule has 0 aromatic heterocycles. The second-order valence-corrected chi connectivity index (χ2v) is 5.05. The molecule has 0 saturated heterocycles. The zero-order chi connectivity index (χ0) is 18.2. The average Bonchev–Trinajstić information content (AvgIpc) is 2.62. The predicted octanol–water partition coefficient (Wildman–Crippen LogP) is 2.57. The van der Waals surface area contributed by atoms with Crippen molar-refractivity contribution in [3.05, 3.63) is 53.8 Å². The van der Waals surface area contributed by atoms with Crippen molar-refractivity contribution in [1.82, 2.24) is 0 Å². The van der Waals surface area contributed by atoms with Crippen molar-refractivity contribution in [2.75, 3.05) is 26.1 Å². The molecule has 132 valence electrons. The van der Waals surface area contributed by atoms with Crippen LogP contribution in [0.1, 0.15) is 5.56 Å². The molecule has 0 heterocycles. The summed E-state index contributed by atoms with van der Waals surface area (Å²) in [5.74, 6) is -0.733. The molecule has 25 heavy (non-hydrogen) atoms. The van der Waals surface area contributed by atoms with E-state index in [-0.39, 0.29) is 12.1 Å². The largest absolute Gasteiger partial charge is 0.493 e. The van der Waals surface area contributed by atoms with Crippen LogP contribution in [0, 0.1) is 5.82 Å². The van der Waals surface area contributed by atoms with E-state index >= 15 is 0 Å².